The molecule has 1 aromatic carbocycles. The van der Waals surface area contributed by atoms with Crippen LogP contribution in [0.5, 0.6) is 0 Å². The van der Waals surface area contributed by atoms with Crippen LogP contribution in [0.2, 0.25) is 0 Å². The van der Waals surface area contributed by atoms with Crippen molar-refractivity contribution in [1.29, 1.82) is 5.53 Å². The van der Waals surface area contributed by atoms with Gasteiger partial charge in [-0.05, 0) is 19.1 Å². The van der Waals surface area contributed by atoms with Gasteiger partial charge in [-0.15, -0.1) is 0 Å². The molecule has 2 rings (SSSR count). The molecule has 1 N–H and O–H groups in total. The first-order valence-electron chi connectivity index (χ1n) is 5.01. The van der Waals surface area contributed by atoms with Crippen LogP contribution in [-0.4, -0.2) is 11.0 Å². The summed E-state index contributed by atoms with van der Waals surface area (Å²) in [7, 11) is 0. The first-order chi connectivity index (χ1) is 7.29. The Hall–Kier alpha value is -1.77. The Morgan fingerprint density at radius 3 is 2.87 bits per heavy atom. The molecule has 1 unspecified atom stereocenters. The molecular formula is C12H13N3. The van der Waals surface area contributed by atoms with Gasteiger partial charge in [-0.3, -0.25) is 4.98 Å². The van der Waals surface area contributed by atoms with E-state index >= 15 is 0 Å². The fourth-order valence-electron chi connectivity index (χ4n) is 1.57. The van der Waals surface area contributed by atoms with Gasteiger partial charge in [-0.25, -0.2) is 5.53 Å². The number of aromatic nitrogens is 1. The van der Waals surface area contributed by atoms with Crippen molar-refractivity contribution in [2.45, 2.75) is 19.4 Å². The number of rotatable bonds is 3. The SMILES string of the molecule is CC(Cc1ccc2ccccc2n1)N=N. The number of hydrogen-bond donors (Lipinski definition) is 1. The van der Waals surface area contributed by atoms with E-state index in [1.165, 1.54) is 0 Å². The second-order valence-corrected chi connectivity index (χ2v) is 3.68. The fraction of sp³-hybridized carbons (Fsp3) is 0.250. The molecule has 1 heterocycles. The zero-order valence-electron chi connectivity index (χ0n) is 8.64. The highest BCUT2D eigenvalue weighted by molar-refractivity contribution is 5.78. The molecule has 0 aliphatic rings. The van der Waals surface area contributed by atoms with Gasteiger partial charge in [0.2, 0.25) is 0 Å². The van der Waals surface area contributed by atoms with E-state index in [0.717, 1.165) is 23.0 Å². The molecule has 15 heavy (non-hydrogen) atoms. The number of fused-ring (bicyclic) bond motifs is 1. The molecule has 0 saturated carbocycles. The van der Waals surface area contributed by atoms with Crippen LogP contribution in [0.3, 0.4) is 0 Å². The van der Waals surface area contributed by atoms with Crippen molar-refractivity contribution >= 4 is 10.9 Å². The van der Waals surface area contributed by atoms with Crippen LogP contribution in [0, 0.1) is 5.53 Å². The lowest BCUT2D eigenvalue weighted by Crippen LogP contribution is -2.03. The lowest BCUT2D eigenvalue weighted by atomic mass is 10.1. The number of hydrogen-bond acceptors (Lipinski definition) is 3. The summed E-state index contributed by atoms with van der Waals surface area (Å²) in [6.45, 7) is 1.92. The molecule has 0 amide bonds. The molecule has 3 heteroatoms. The van der Waals surface area contributed by atoms with E-state index in [-0.39, 0.29) is 6.04 Å². The molecule has 0 aliphatic heterocycles. The number of nitrogens with zero attached hydrogens (tertiary/aromatic N) is 2. The number of nitrogens with one attached hydrogen (secondary N) is 1. The highest BCUT2D eigenvalue weighted by Crippen LogP contribution is 2.13. The number of pyridine rings is 1. The third kappa shape index (κ3) is 2.18. The maximum absolute atomic E-state index is 6.92. The molecule has 0 aliphatic carbocycles. The predicted molar refractivity (Wildman–Crippen MR) is 60.1 cm³/mol. The van der Waals surface area contributed by atoms with Gasteiger partial charge in [-0.1, -0.05) is 24.3 Å². The zero-order chi connectivity index (χ0) is 10.7. The molecule has 1 aromatic heterocycles. The van der Waals surface area contributed by atoms with E-state index in [4.69, 9.17) is 5.53 Å². The Labute approximate surface area is 88.7 Å². The molecule has 76 valence electrons. The first-order valence-corrected chi connectivity index (χ1v) is 5.01. The van der Waals surface area contributed by atoms with E-state index in [1.807, 2.05) is 37.3 Å². The molecular weight excluding hydrogens is 186 g/mol. The standard InChI is InChI=1S/C12H13N3/c1-9(15-13)8-11-7-6-10-4-2-3-5-12(10)14-11/h2-7,9,13H,8H2,1H3. The van der Waals surface area contributed by atoms with Gasteiger partial charge in [0.25, 0.3) is 0 Å². The maximum atomic E-state index is 6.92. The van der Waals surface area contributed by atoms with Gasteiger partial charge in [0.05, 0.1) is 11.6 Å². The van der Waals surface area contributed by atoms with Crippen molar-refractivity contribution in [2.24, 2.45) is 5.11 Å². The van der Waals surface area contributed by atoms with Gasteiger partial charge >= 0.3 is 0 Å². The second kappa shape index (κ2) is 4.17. The lowest BCUT2D eigenvalue weighted by Gasteiger charge is -2.04. The predicted octanol–water partition coefficient (Wildman–Crippen LogP) is 3.20. The van der Waals surface area contributed by atoms with E-state index in [0.29, 0.717) is 0 Å². The Morgan fingerprint density at radius 1 is 1.27 bits per heavy atom. The summed E-state index contributed by atoms with van der Waals surface area (Å²) in [6, 6.07) is 12.1. The molecule has 0 radical (unpaired) electrons. The number of para-hydroxylation sites is 1. The minimum Gasteiger partial charge on any atom is -0.253 e. The van der Waals surface area contributed by atoms with Crippen LogP contribution in [0.1, 0.15) is 12.6 Å². The average Bonchev–Trinajstić information content (AvgIpc) is 2.29. The molecule has 3 nitrogen and oxygen atoms in total. The topological polar surface area (TPSA) is 49.1 Å². The lowest BCUT2D eigenvalue weighted by molar-refractivity contribution is 0.669. The normalized spacial score (nSPS) is 12.6. The van der Waals surface area contributed by atoms with Crippen LogP contribution >= 0.6 is 0 Å². The quantitative estimate of drug-likeness (QED) is 0.758. The van der Waals surface area contributed by atoms with E-state index in [1.54, 1.807) is 0 Å². The summed E-state index contributed by atoms with van der Waals surface area (Å²) in [4.78, 5) is 4.52. The Morgan fingerprint density at radius 2 is 2.07 bits per heavy atom. The minimum absolute atomic E-state index is 0.0127. The van der Waals surface area contributed by atoms with Gasteiger partial charge in [0.1, 0.15) is 0 Å². The molecule has 0 saturated heterocycles. The summed E-state index contributed by atoms with van der Waals surface area (Å²) < 4.78 is 0. The maximum Gasteiger partial charge on any atom is 0.0732 e. The van der Waals surface area contributed by atoms with Crippen molar-refractivity contribution < 1.29 is 0 Å². The zero-order valence-corrected chi connectivity index (χ0v) is 8.64. The summed E-state index contributed by atoms with van der Waals surface area (Å²) in [5.74, 6) is 0. The highest BCUT2D eigenvalue weighted by Gasteiger charge is 2.03. The van der Waals surface area contributed by atoms with Crippen molar-refractivity contribution in [3.8, 4) is 0 Å². The monoisotopic (exact) mass is 199 g/mol. The highest BCUT2D eigenvalue weighted by atomic mass is 15.0. The summed E-state index contributed by atoms with van der Waals surface area (Å²) in [5.41, 5.74) is 8.92. The number of benzene rings is 1. The van der Waals surface area contributed by atoms with Crippen LogP contribution in [-0.2, 0) is 6.42 Å². The van der Waals surface area contributed by atoms with Crippen molar-refractivity contribution in [1.82, 2.24) is 4.98 Å². The fourth-order valence-corrected chi connectivity index (χ4v) is 1.57. The van der Waals surface area contributed by atoms with Crippen molar-refractivity contribution in [3.63, 3.8) is 0 Å². The van der Waals surface area contributed by atoms with Gasteiger partial charge in [0, 0.05) is 17.5 Å². The van der Waals surface area contributed by atoms with Crippen molar-refractivity contribution in [3.05, 3.63) is 42.1 Å². The molecule has 0 spiro atoms. The van der Waals surface area contributed by atoms with Crippen LogP contribution < -0.4 is 0 Å². The first kappa shape index (κ1) is 9.77. The van der Waals surface area contributed by atoms with Crippen LogP contribution in [0.15, 0.2) is 41.5 Å². The average molecular weight is 199 g/mol. The third-order valence-electron chi connectivity index (χ3n) is 2.38. The Balaban J connectivity index is 2.34. The second-order valence-electron chi connectivity index (χ2n) is 3.68. The largest absolute Gasteiger partial charge is 0.253 e. The Kier molecular flexibility index (Phi) is 2.72. The molecule has 1 atom stereocenters. The summed E-state index contributed by atoms with van der Waals surface area (Å²) in [5, 5.41) is 4.62. The van der Waals surface area contributed by atoms with Gasteiger partial charge in [0.15, 0.2) is 0 Å². The van der Waals surface area contributed by atoms with Crippen LogP contribution in [0.25, 0.3) is 10.9 Å². The minimum atomic E-state index is 0.0127. The Bertz CT molecular complexity index is 479. The molecule has 0 fully saturated rings. The van der Waals surface area contributed by atoms with E-state index in [9.17, 15) is 0 Å². The van der Waals surface area contributed by atoms with E-state index < -0.39 is 0 Å². The summed E-state index contributed by atoms with van der Waals surface area (Å²) >= 11 is 0. The third-order valence-corrected chi connectivity index (χ3v) is 2.38. The molecule has 0 bridgehead atoms. The summed E-state index contributed by atoms with van der Waals surface area (Å²) in [6.07, 6.45) is 0.730. The van der Waals surface area contributed by atoms with Gasteiger partial charge < -0.3 is 0 Å². The van der Waals surface area contributed by atoms with Crippen molar-refractivity contribution in [2.75, 3.05) is 0 Å². The van der Waals surface area contributed by atoms with Gasteiger partial charge in [-0.2, -0.15) is 5.11 Å². The van der Waals surface area contributed by atoms with E-state index in [2.05, 4.69) is 16.2 Å². The van der Waals surface area contributed by atoms with Crippen LogP contribution in [0.4, 0.5) is 0 Å². The molecule has 2 aromatic rings. The smallest absolute Gasteiger partial charge is 0.0732 e.